The highest BCUT2D eigenvalue weighted by atomic mass is 19.4. The first kappa shape index (κ1) is 21.2. The molecule has 0 saturated carbocycles. The van der Waals surface area contributed by atoms with Crippen LogP contribution in [0.2, 0.25) is 0 Å². The molecule has 0 unspecified atom stereocenters. The van der Waals surface area contributed by atoms with Crippen LogP contribution in [0.5, 0.6) is 11.5 Å². The molecule has 30 heavy (non-hydrogen) atoms. The Morgan fingerprint density at radius 2 is 1.93 bits per heavy atom. The molecule has 0 saturated heterocycles. The standard InChI is InChI=1S/C19H20F3N5O3/c1-11-6-14(29-2)15(30-3)8-13(11)25-18-26-17(28)9-24-27(18)10-12-4-5-23-16(7-12)19(20,21)22/h4,6-9,23H,5,10H2,1-3H3,(H,25,26,28). The maximum absolute atomic E-state index is 13.0. The third-order valence-corrected chi connectivity index (χ3v) is 4.37. The van der Waals surface area contributed by atoms with Gasteiger partial charge in [-0.25, -0.2) is 4.68 Å². The minimum atomic E-state index is -4.48. The van der Waals surface area contributed by atoms with Crippen molar-refractivity contribution in [2.24, 2.45) is 0 Å². The number of aromatic nitrogens is 3. The molecule has 2 aromatic rings. The van der Waals surface area contributed by atoms with Gasteiger partial charge in [-0.1, -0.05) is 6.08 Å². The van der Waals surface area contributed by atoms with Crippen molar-refractivity contribution >= 4 is 11.6 Å². The van der Waals surface area contributed by atoms with Crippen LogP contribution in [-0.2, 0) is 6.54 Å². The van der Waals surface area contributed by atoms with Gasteiger partial charge in [-0.2, -0.15) is 23.3 Å². The topological polar surface area (TPSA) is 90.3 Å². The molecule has 0 spiro atoms. The van der Waals surface area contributed by atoms with Crippen molar-refractivity contribution in [3.8, 4) is 11.5 Å². The maximum Gasteiger partial charge on any atom is 0.430 e. The lowest BCUT2D eigenvalue weighted by atomic mass is 10.1. The SMILES string of the molecule is COc1cc(C)c(Nc2nc(=O)cnn2CC2=CCNC(C(F)(F)F)=C2)cc1OC. The summed E-state index contributed by atoms with van der Waals surface area (Å²) in [6, 6.07) is 3.41. The van der Waals surface area contributed by atoms with Gasteiger partial charge in [0, 0.05) is 18.3 Å². The highest BCUT2D eigenvalue weighted by molar-refractivity contribution is 5.64. The van der Waals surface area contributed by atoms with E-state index in [1.54, 1.807) is 18.2 Å². The van der Waals surface area contributed by atoms with E-state index >= 15 is 0 Å². The second-order valence-corrected chi connectivity index (χ2v) is 6.44. The van der Waals surface area contributed by atoms with E-state index in [4.69, 9.17) is 9.47 Å². The predicted octanol–water partition coefficient (Wildman–Crippen LogP) is 2.68. The quantitative estimate of drug-likeness (QED) is 0.738. The molecule has 2 N–H and O–H groups in total. The Balaban J connectivity index is 1.93. The summed E-state index contributed by atoms with van der Waals surface area (Å²) in [6.07, 6.45) is -0.857. The smallest absolute Gasteiger partial charge is 0.430 e. The number of dihydropyridines is 1. The number of hydrogen-bond donors (Lipinski definition) is 2. The van der Waals surface area contributed by atoms with Crippen LogP contribution in [0.4, 0.5) is 24.8 Å². The molecular weight excluding hydrogens is 403 g/mol. The van der Waals surface area contributed by atoms with Crippen molar-refractivity contribution in [2.45, 2.75) is 19.6 Å². The van der Waals surface area contributed by atoms with E-state index in [9.17, 15) is 18.0 Å². The highest BCUT2D eigenvalue weighted by Crippen LogP contribution is 2.34. The van der Waals surface area contributed by atoms with E-state index in [2.05, 4.69) is 20.7 Å². The minimum Gasteiger partial charge on any atom is -0.493 e. The number of rotatable bonds is 6. The molecule has 1 aliphatic rings. The maximum atomic E-state index is 13.0. The van der Waals surface area contributed by atoms with Crippen molar-refractivity contribution in [1.29, 1.82) is 0 Å². The summed E-state index contributed by atoms with van der Waals surface area (Å²) in [5.74, 6) is 1.07. The Kier molecular flexibility index (Phi) is 5.99. The number of alkyl halides is 3. The van der Waals surface area contributed by atoms with Gasteiger partial charge in [-0.3, -0.25) is 4.79 Å². The molecule has 1 aromatic heterocycles. The lowest BCUT2D eigenvalue weighted by Gasteiger charge is -2.20. The number of nitrogens with one attached hydrogen (secondary N) is 2. The molecule has 1 aromatic carbocycles. The molecule has 8 nitrogen and oxygen atoms in total. The van der Waals surface area contributed by atoms with Crippen LogP contribution in [0.15, 0.2) is 46.5 Å². The van der Waals surface area contributed by atoms with Gasteiger partial charge in [0.2, 0.25) is 5.95 Å². The average molecular weight is 423 g/mol. The Hall–Kier alpha value is -3.50. The number of hydrogen-bond acceptors (Lipinski definition) is 7. The van der Waals surface area contributed by atoms with E-state index in [0.717, 1.165) is 17.8 Å². The first-order chi connectivity index (χ1) is 14.2. The highest BCUT2D eigenvalue weighted by Gasteiger charge is 2.34. The fraction of sp³-hybridized carbons (Fsp3) is 0.316. The summed E-state index contributed by atoms with van der Waals surface area (Å²) in [6.45, 7) is 1.84. The van der Waals surface area contributed by atoms with Crippen LogP contribution in [0, 0.1) is 6.92 Å². The van der Waals surface area contributed by atoms with Crippen molar-refractivity contribution in [3.05, 3.63) is 57.7 Å². The normalized spacial score (nSPS) is 13.8. The number of allylic oxidation sites excluding steroid dienone is 3. The zero-order valence-electron chi connectivity index (χ0n) is 16.5. The first-order valence-corrected chi connectivity index (χ1v) is 8.87. The van der Waals surface area contributed by atoms with E-state index in [1.807, 2.05) is 6.92 Å². The van der Waals surface area contributed by atoms with Crippen LogP contribution in [-0.4, -0.2) is 41.7 Å². The van der Waals surface area contributed by atoms with Crippen molar-refractivity contribution < 1.29 is 22.6 Å². The van der Waals surface area contributed by atoms with Gasteiger partial charge < -0.3 is 20.1 Å². The monoisotopic (exact) mass is 423 g/mol. The summed E-state index contributed by atoms with van der Waals surface area (Å²) in [7, 11) is 3.00. The van der Waals surface area contributed by atoms with E-state index in [1.165, 1.54) is 18.9 Å². The summed E-state index contributed by atoms with van der Waals surface area (Å²) in [5, 5.41) is 9.31. The molecule has 160 valence electrons. The van der Waals surface area contributed by atoms with Gasteiger partial charge in [0.25, 0.3) is 5.56 Å². The number of nitrogens with zero attached hydrogens (tertiary/aromatic N) is 3. The third-order valence-electron chi connectivity index (χ3n) is 4.37. The Labute approximate surface area is 170 Å². The van der Waals surface area contributed by atoms with E-state index in [0.29, 0.717) is 22.8 Å². The van der Waals surface area contributed by atoms with Gasteiger partial charge in [0.05, 0.1) is 20.8 Å². The lowest BCUT2D eigenvalue weighted by Crippen LogP contribution is -2.29. The van der Waals surface area contributed by atoms with Gasteiger partial charge in [0.15, 0.2) is 11.5 Å². The minimum absolute atomic E-state index is 0.0107. The van der Waals surface area contributed by atoms with Crippen LogP contribution in [0.1, 0.15) is 5.56 Å². The number of benzene rings is 1. The summed E-state index contributed by atoms with van der Waals surface area (Å²) < 4.78 is 50.8. The number of halogens is 3. The molecule has 0 amide bonds. The second kappa shape index (κ2) is 8.47. The van der Waals surface area contributed by atoms with Crippen molar-refractivity contribution in [2.75, 3.05) is 26.1 Å². The van der Waals surface area contributed by atoms with Crippen LogP contribution in [0.3, 0.4) is 0 Å². The first-order valence-electron chi connectivity index (χ1n) is 8.87. The molecule has 1 aliphatic heterocycles. The molecule has 11 heteroatoms. The average Bonchev–Trinajstić information content (AvgIpc) is 2.70. The third kappa shape index (κ3) is 4.73. The van der Waals surface area contributed by atoms with Crippen molar-refractivity contribution in [1.82, 2.24) is 20.1 Å². The summed E-state index contributed by atoms with van der Waals surface area (Å²) >= 11 is 0. The zero-order chi connectivity index (χ0) is 21.9. The van der Waals surface area contributed by atoms with E-state index < -0.39 is 17.4 Å². The summed E-state index contributed by atoms with van der Waals surface area (Å²) in [5.41, 5.74) is 0.313. The largest absolute Gasteiger partial charge is 0.493 e. The molecule has 0 aliphatic carbocycles. The fourth-order valence-corrected chi connectivity index (χ4v) is 2.86. The number of anilines is 2. The fourth-order valence-electron chi connectivity index (χ4n) is 2.86. The Morgan fingerprint density at radius 3 is 2.60 bits per heavy atom. The van der Waals surface area contributed by atoms with Gasteiger partial charge >= 0.3 is 6.18 Å². The molecule has 2 heterocycles. The van der Waals surface area contributed by atoms with Crippen LogP contribution in [0.25, 0.3) is 0 Å². The predicted molar refractivity (Wildman–Crippen MR) is 104 cm³/mol. The number of aryl methyl sites for hydroxylation is 1. The lowest BCUT2D eigenvalue weighted by molar-refractivity contribution is -0.0967. The number of methoxy groups -OCH3 is 2. The van der Waals surface area contributed by atoms with E-state index in [-0.39, 0.29) is 19.0 Å². The molecule has 0 radical (unpaired) electrons. The molecule has 3 rings (SSSR count). The van der Waals surface area contributed by atoms with Crippen molar-refractivity contribution in [3.63, 3.8) is 0 Å². The summed E-state index contributed by atoms with van der Waals surface area (Å²) in [4.78, 5) is 15.7. The Bertz CT molecular complexity index is 1060. The van der Waals surface area contributed by atoms with Gasteiger partial charge in [-0.15, -0.1) is 0 Å². The van der Waals surface area contributed by atoms with Gasteiger partial charge in [-0.05, 0) is 30.2 Å². The van der Waals surface area contributed by atoms with Crippen LogP contribution < -0.4 is 25.7 Å². The van der Waals surface area contributed by atoms with Gasteiger partial charge in [0.1, 0.15) is 11.9 Å². The zero-order valence-corrected chi connectivity index (χ0v) is 16.5. The number of ether oxygens (including phenoxy) is 2. The molecule has 0 atom stereocenters. The second-order valence-electron chi connectivity index (χ2n) is 6.44. The molecule has 0 fully saturated rings. The molecular formula is C19H20F3N5O3. The Morgan fingerprint density at radius 1 is 1.23 bits per heavy atom. The van der Waals surface area contributed by atoms with Crippen LogP contribution >= 0.6 is 0 Å². The molecule has 0 bridgehead atoms.